The Hall–Kier alpha value is -3.92. The van der Waals surface area contributed by atoms with Crippen molar-refractivity contribution in [1.82, 2.24) is 21.3 Å². The summed E-state index contributed by atoms with van der Waals surface area (Å²) < 4.78 is 0. The van der Waals surface area contributed by atoms with E-state index < -0.39 is 59.8 Å². The predicted molar refractivity (Wildman–Crippen MR) is 139 cm³/mol. The van der Waals surface area contributed by atoms with E-state index in [-0.39, 0.29) is 23.7 Å². The molecule has 1 saturated carbocycles. The minimum absolute atomic E-state index is 0.0254. The third kappa shape index (κ3) is 6.31. The second kappa shape index (κ2) is 11.6. The number of carbonyl (C=O) groups is 4. The standard InChI is InChI=1S/C28H34N4O6/c1-15-24(34)20(14-17-8-4-3-5-9-17)30-27(37)22(31-26(36)19-10-6-7-11-21(19)33)16(2)29-28(38)23(18-12-13-18)32-25(15)35/h3-11,15-16,18,20,22-24,33-34H,12-14H2,1-2H3,(H,29,38)(H,30,37)(H,31,36)(H,32,35). The highest BCUT2D eigenvalue weighted by Gasteiger charge is 2.42. The molecule has 0 bridgehead atoms. The molecule has 38 heavy (non-hydrogen) atoms. The first-order valence-corrected chi connectivity index (χ1v) is 12.9. The monoisotopic (exact) mass is 522 g/mol. The molecule has 2 aromatic rings. The molecule has 1 heterocycles. The van der Waals surface area contributed by atoms with Crippen molar-refractivity contribution in [1.29, 1.82) is 0 Å². The van der Waals surface area contributed by atoms with Crippen molar-refractivity contribution in [2.24, 2.45) is 11.8 Å². The number of carbonyl (C=O) groups excluding carboxylic acids is 4. The fraction of sp³-hybridized carbons (Fsp3) is 0.429. The zero-order valence-corrected chi connectivity index (χ0v) is 21.4. The van der Waals surface area contributed by atoms with Gasteiger partial charge in [0.1, 0.15) is 17.8 Å². The number of aliphatic hydroxyl groups excluding tert-OH is 1. The largest absolute Gasteiger partial charge is 0.507 e. The Balaban J connectivity index is 1.66. The van der Waals surface area contributed by atoms with Crippen LogP contribution in [0.25, 0.3) is 0 Å². The number of aromatic hydroxyl groups is 1. The summed E-state index contributed by atoms with van der Waals surface area (Å²) in [4.78, 5) is 52.8. The van der Waals surface area contributed by atoms with Crippen LogP contribution in [0, 0.1) is 11.8 Å². The van der Waals surface area contributed by atoms with E-state index >= 15 is 0 Å². The average Bonchev–Trinajstić information content (AvgIpc) is 3.74. The molecule has 202 valence electrons. The summed E-state index contributed by atoms with van der Waals surface area (Å²) >= 11 is 0. The Bertz CT molecular complexity index is 1180. The second-order valence-electron chi connectivity index (χ2n) is 10.2. The summed E-state index contributed by atoms with van der Waals surface area (Å²) in [6, 6.07) is 11.4. The summed E-state index contributed by atoms with van der Waals surface area (Å²) in [5.41, 5.74) is 0.811. The average molecular weight is 523 g/mol. The van der Waals surface area contributed by atoms with Crippen molar-refractivity contribution in [2.45, 2.75) is 63.4 Å². The molecule has 1 aliphatic heterocycles. The van der Waals surface area contributed by atoms with E-state index in [4.69, 9.17) is 0 Å². The van der Waals surface area contributed by atoms with Gasteiger partial charge in [0.2, 0.25) is 17.7 Å². The normalized spacial score (nSPS) is 28.7. The zero-order valence-electron chi connectivity index (χ0n) is 21.4. The Morgan fingerprint density at radius 3 is 2.21 bits per heavy atom. The first-order chi connectivity index (χ1) is 18.2. The second-order valence-corrected chi connectivity index (χ2v) is 10.2. The lowest BCUT2D eigenvalue weighted by Gasteiger charge is -2.34. The van der Waals surface area contributed by atoms with Crippen molar-refractivity contribution in [3.63, 3.8) is 0 Å². The maximum absolute atomic E-state index is 13.6. The molecule has 6 N–H and O–H groups in total. The maximum atomic E-state index is 13.6. The van der Waals surface area contributed by atoms with E-state index in [1.165, 1.54) is 12.1 Å². The maximum Gasteiger partial charge on any atom is 0.255 e. The zero-order chi connectivity index (χ0) is 27.4. The molecule has 6 unspecified atom stereocenters. The summed E-state index contributed by atoms with van der Waals surface area (Å²) in [5, 5.41) is 32.4. The van der Waals surface area contributed by atoms with Gasteiger partial charge in [-0.25, -0.2) is 0 Å². The summed E-state index contributed by atoms with van der Waals surface area (Å²) in [7, 11) is 0. The Morgan fingerprint density at radius 2 is 1.55 bits per heavy atom. The van der Waals surface area contributed by atoms with Gasteiger partial charge in [0.05, 0.1) is 29.7 Å². The summed E-state index contributed by atoms with van der Waals surface area (Å²) in [6.45, 7) is 3.13. The minimum atomic E-state index is -1.27. The number of phenols is 1. The van der Waals surface area contributed by atoms with Gasteiger partial charge in [-0.1, -0.05) is 49.4 Å². The molecule has 0 aromatic heterocycles. The van der Waals surface area contributed by atoms with Crippen molar-refractivity contribution >= 4 is 23.6 Å². The highest BCUT2D eigenvalue weighted by Crippen LogP contribution is 2.33. The van der Waals surface area contributed by atoms with Crippen LogP contribution >= 0.6 is 0 Å². The van der Waals surface area contributed by atoms with Crippen LogP contribution in [0.1, 0.15) is 42.6 Å². The Kier molecular flexibility index (Phi) is 8.31. The Labute approximate surface area is 221 Å². The third-order valence-corrected chi connectivity index (χ3v) is 7.23. The molecule has 1 aliphatic carbocycles. The summed E-state index contributed by atoms with van der Waals surface area (Å²) in [5.74, 6) is -3.50. The fourth-order valence-electron chi connectivity index (χ4n) is 4.71. The van der Waals surface area contributed by atoms with E-state index in [2.05, 4.69) is 21.3 Å². The molecule has 0 spiro atoms. The smallest absolute Gasteiger partial charge is 0.255 e. The highest BCUT2D eigenvalue weighted by molar-refractivity contribution is 6.00. The first kappa shape index (κ1) is 27.1. The van der Waals surface area contributed by atoms with Gasteiger partial charge in [0.25, 0.3) is 5.91 Å². The molecular formula is C28H34N4O6. The van der Waals surface area contributed by atoms with Crippen molar-refractivity contribution in [3.05, 3.63) is 65.7 Å². The van der Waals surface area contributed by atoms with E-state index in [0.717, 1.165) is 18.4 Å². The molecular weight excluding hydrogens is 488 g/mol. The van der Waals surface area contributed by atoms with Crippen LogP contribution in [0.3, 0.4) is 0 Å². The third-order valence-electron chi connectivity index (χ3n) is 7.23. The van der Waals surface area contributed by atoms with Gasteiger partial charge in [-0.05, 0) is 49.8 Å². The van der Waals surface area contributed by atoms with Gasteiger partial charge in [-0.2, -0.15) is 0 Å². The lowest BCUT2D eigenvalue weighted by Crippen LogP contribution is -2.64. The predicted octanol–water partition coefficient (Wildman–Crippen LogP) is 0.628. The molecule has 10 heteroatoms. The number of rotatable bonds is 5. The number of hydrogen-bond donors (Lipinski definition) is 6. The molecule has 4 rings (SSSR count). The lowest BCUT2D eigenvalue weighted by molar-refractivity contribution is -0.136. The minimum Gasteiger partial charge on any atom is -0.507 e. The van der Waals surface area contributed by atoms with Crippen molar-refractivity contribution in [3.8, 4) is 5.75 Å². The first-order valence-electron chi connectivity index (χ1n) is 12.9. The topological polar surface area (TPSA) is 157 Å². The lowest BCUT2D eigenvalue weighted by atomic mass is 9.91. The molecule has 2 aliphatic rings. The van der Waals surface area contributed by atoms with E-state index in [9.17, 15) is 29.4 Å². The Morgan fingerprint density at radius 1 is 0.895 bits per heavy atom. The van der Waals surface area contributed by atoms with Crippen LogP contribution in [-0.4, -0.2) is 64.1 Å². The number of nitrogens with one attached hydrogen (secondary N) is 4. The number of amides is 4. The van der Waals surface area contributed by atoms with Crippen molar-refractivity contribution < 1.29 is 29.4 Å². The van der Waals surface area contributed by atoms with Gasteiger partial charge < -0.3 is 31.5 Å². The molecule has 6 atom stereocenters. The number of aliphatic hydroxyl groups is 1. The number of hydrogen-bond acceptors (Lipinski definition) is 6. The van der Waals surface area contributed by atoms with Crippen LogP contribution < -0.4 is 21.3 Å². The molecule has 2 fully saturated rings. The molecule has 2 aromatic carbocycles. The SMILES string of the molecule is CC1NC(=O)C(C2CC2)NC(=O)C(C)C(O)C(Cc2ccccc2)NC(=O)C1NC(=O)c1ccccc1O. The molecule has 4 amide bonds. The number of phenolic OH excluding ortho intramolecular Hbond substituents is 1. The van der Waals surface area contributed by atoms with E-state index in [1.807, 2.05) is 30.3 Å². The summed E-state index contributed by atoms with van der Waals surface area (Å²) in [6.07, 6.45) is 0.507. The van der Waals surface area contributed by atoms with Gasteiger partial charge in [0, 0.05) is 0 Å². The van der Waals surface area contributed by atoms with Gasteiger partial charge in [0.15, 0.2) is 0 Å². The molecule has 10 nitrogen and oxygen atoms in total. The van der Waals surface area contributed by atoms with Crippen LogP contribution in [-0.2, 0) is 20.8 Å². The molecule has 0 radical (unpaired) electrons. The fourth-order valence-corrected chi connectivity index (χ4v) is 4.71. The van der Waals surface area contributed by atoms with Crippen LogP contribution in [0.5, 0.6) is 5.75 Å². The highest BCUT2D eigenvalue weighted by atomic mass is 16.3. The van der Waals surface area contributed by atoms with Crippen LogP contribution in [0.15, 0.2) is 54.6 Å². The van der Waals surface area contributed by atoms with Gasteiger partial charge in [-0.3, -0.25) is 19.2 Å². The van der Waals surface area contributed by atoms with Gasteiger partial charge >= 0.3 is 0 Å². The number of benzene rings is 2. The van der Waals surface area contributed by atoms with E-state index in [0.29, 0.717) is 0 Å². The van der Waals surface area contributed by atoms with Gasteiger partial charge in [-0.15, -0.1) is 0 Å². The van der Waals surface area contributed by atoms with Crippen molar-refractivity contribution in [2.75, 3.05) is 0 Å². The van der Waals surface area contributed by atoms with Crippen LogP contribution in [0.2, 0.25) is 0 Å². The van der Waals surface area contributed by atoms with E-state index in [1.54, 1.807) is 26.0 Å². The van der Waals surface area contributed by atoms with Crippen LogP contribution in [0.4, 0.5) is 0 Å². The number of para-hydroxylation sites is 1. The quantitative estimate of drug-likeness (QED) is 0.338. The molecule has 1 saturated heterocycles.